The zero-order valence-corrected chi connectivity index (χ0v) is 14.3. The van der Waals surface area contributed by atoms with Gasteiger partial charge in [-0.1, -0.05) is 6.92 Å². The highest BCUT2D eigenvalue weighted by molar-refractivity contribution is 9.11. The second-order valence-corrected chi connectivity index (χ2v) is 6.88. The lowest BCUT2D eigenvalue weighted by Gasteiger charge is -2.05. The first kappa shape index (κ1) is 14.7. The van der Waals surface area contributed by atoms with Crippen LogP contribution in [0.4, 0.5) is 5.13 Å². The van der Waals surface area contributed by atoms with Gasteiger partial charge in [0.2, 0.25) is 0 Å². The van der Waals surface area contributed by atoms with Crippen LogP contribution >= 0.6 is 43.2 Å². The van der Waals surface area contributed by atoms with Gasteiger partial charge in [0, 0.05) is 28.3 Å². The van der Waals surface area contributed by atoms with Crippen LogP contribution in [0.25, 0.3) is 0 Å². The molecule has 0 saturated heterocycles. The Morgan fingerprint density at radius 1 is 1.47 bits per heavy atom. The summed E-state index contributed by atoms with van der Waals surface area (Å²) in [5.41, 5.74) is -0.0420. The molecule has 2 heterocycles. The van der Waals surface area contributed by atoms with E-state index < -0.39 is 0 Å². The Morgan fingerprint density at radius 2 is 2.26 bits per heavy atom. The van der Waals surface area contributed by atoms with Crippen LogP contribution in [0.2, 0.25) is 0 Å². The van der Waals surface area contributed by atoms with Crippen LogP contribution in [0.3, 0.4) is 0 Å². The van der Waals surface area contributed by atoms with Gasteiger partial charge in [0.05, 0.1) is 11.0 Å². The van der Waals surface area contributed by atoms with Gasteiger partial charge in [-0.25, -0.2) is 4.98 Å². The van der Waals surface area contributed by atoms with Crippen LogP contribution in [-0.2, 0) is 6.54 Å². The molecule has 0 fully saturated rings. The Labute approximate surface area is 132 Å². The van der Waals surface area contributed by atoms with Crippen molar-refractivity contribution in [3.05, 3.63) is 42.6 Å². The van der Waals surface area contributed by atoms with Crippen LogP contribution in [-0.4, -0.2) is 16.1 Å². The van der Waals surface area contributed by atoms with E-state index in [-0.39, 0.29) is 5.56 Å². The standard InChI is InChI=1S/C12H13Br2N3OS/c1-2-3-15-12-16-5-9(19-12)7-17-6-8(13)4-10(14)11(17)18/h4-6H,2-3,7H2,1H3,(H,15,16). The molecule has 7 heteroatoms. The molecule has 0 aliphatic rings. The van der Waals surface area contributed by atoms with Gasteiger partial charge in [-0.2, -0.15) is 0 Å². The summed E-state index contributed by atoms with van der Waals surface area (Å²) >= 11 is 8.22. The summed E-state index contributed by atoms with van der Waals surface area (Å²) in [5.74, 6) is 0. The smallest absolute Gasteiger partial charge is 0.265 e. The number of thiazole rings is 1. The number of pyridine rings is 1. The van der Waals surface area contributed by atoms with Crippen molar-refractivity contribution in [1.82, 2.24) is 9.55 Å². The third-order valence-electron chi connectivity index (χ3n) is 2.41. The average molecular weight is 407 g/mol. The average Bonchev–Trinajstić information content (AvgIpc) is 2.80. The van der Waals surface area contributed by atoms with Crippen molar-refractivity contribution in [2.75, 3.05) is 11.9 Å². The molecule has 0 bridgehead atoms. The molecule has 0 atom stereocenters. The Hall–Kier alpha value is -0.660. The summed E-state index contributed by atoms with van der Waals surface area (Å²) in [6.07, 6.45) is 4.66. The molecule has 0 aliphatic carbocycles. The summed E-state index contributed by atoms with van der Waals surface area (Å²) < 4.78 is 3.08. The van der Waals surface area contributed by atoms with Crippen molar-refractivity contribution in [1.29, 1.82) is 0 Å². The minimum atomic E-state index is -0.0420. The van der Waals surface area contributed by atoms with E-state index in [2.05, 4.69) is 49.1 Å². The van der Waals surface area contributed by atoms with E-state index >= 15 is 0 Å². The summed E-state index contributed by atoms with van der Waals surface area (Å²) in [4.78, 5) is 17.3. The van der Waals surface area contributed by atoms with Crippen molar-refractivity contribution < 1.29 is 0 Å². The highest BCUT2D eigenvalue weighted by Gasteiger charge is 2.06. The van der Waals surface area contributed by atoms with Crippen molar-refractivity contribution in [3.8, 4) is 0 Å². The Morgan fingerprint density at radius 3 is 3.00 bits per heavy atom. The second-order valence-electron chi connectivity index (χ2n) is 4.00. The fourth-order valence-electron chi connectivity index (χ4n) is 1.54. The van der Waals surface area contributed by atoms with Crippen molar-refractivity contribution in [2.45, 2.75) is 19.9 Å². The lowest BCUT2D eigenvalue weighted by atomic mass is 10.4. The van der Waals surface area contributed by atoms with Gasteiger partial charge in [-0.3, -0.25) is 4.79 Å². The predicted molar refractivity (Wildman–Crippen MR) is 86.1 cm³/mol. The molecule has 0 aromatic carbocycles. The SMILES string of the molecule is CCCNc1ncc(Cn2cc(Br)cc(Br)c2=O)s1. The third-order valence-corrected chi connectivity index (χ3v) is 4.36. The molecule has 19 heavy (non-hydrogen) atoms. The second kappa shape index (κ2) is 6.67. The molecule has 0 aliphatic heterocycles. The minimum absolute atomic E-state index is 0.0420. The van der Waals surface area contributed by atoms with Crippen LogP contribution in [0.1, 0.15) is 18.2 Å². The predicted octanol–water partition coefficient (Wildman–Crippen LogP) is 3.70. The molecule has 2 aromatic rings. The largest absolute Gasteiger partial charge is 0.362 e. The van der Waals surface area contributed by atoms with Gasteiger partial charge >= 0.3 is 0 Å². The highest BCUT2D eigenvalue weighted by Crippen LogP contribution is 2.20. The molecule has 1 N–H and O–H groups in total. The molecule has 2 rings (SSSR count). The van der Waals surface area contributed by atoms with Gasteiger partial charge in [-0.15, -0.1) is 11.3 Å². The van der Waals surface area contributed by atoms with Gasteiger partial charge in [0.1, 0.15) is 0 Å². The molecule has 0 amide bonds. The number of hydrogen-bond donors (Lipinski definition) is 1. The monoisotopic (exact) mass is 405 g/mol. The lowest BCUT2D eigenvalue weighted by Crippen LogP contribution is -2.20. The van der Waals surface area contributed by atoms with Crippen molar-refractivity contribution >= 4 is 48.3 Å². The lowest BCUT2D eigenvalue weighted by molar-refractivity contribution is 0.760. The zero-order valence-electron chi connectivity index (χ0n) is 10.3. The Kier molecular flexibility index (Phi) is 5.18. The molecule has 0 radical (unpaired) electrons. The van der Waals surface area contributed by atoms with E-state index in [0.29, 0.717) is 11.0 Å². The van der Waals surface area contributed by atoms with Gasteiger partial charge in [-0.05, 0) is 44.3 Å². The van der Waals surface area contributed by atoms with E-state index in [4.69, 9.17) is 0 Å². The van der Waals surface area contributed by atoms with E-state index in [1.807, 2.05) is 6.20 Å². The van der Waals surface area contributed by atoms with E-state index in [1.54, 1.807) is 28.2 Å². The minimum Gasteiger partial charge on any atom is -0.362 e. The first-order valence-electron chi connectivity index (χ1n) is 5.84. The molecular weight excluding hydrogens is 394 g/mol. The van der Waals surface area contributed by atoms with Crippen LogP contribution in [0.5, 0.6) is 0 Å². The molecule has 4 nitrogen and oxygen atoms in total. The quantitative estimate of drug-likeness (QED) is 0.823. The molecule has 0 unspecified atom stereocenters. The normalized spacial score (nSPS) is 10.7. The van der Waals surface area contributed by atoms with Crippen LogP contribution in [0.15, 0.2) is 32.2 Å². The van der Waals surface area contributed by atoms with Gasteiger partial charge in [0.15, 0.2) is 5.13 Å². The summed E-state index contributed by atoms with van der Waals surface area (Å²) in [7, 11) is 0. The zero-order chi connectivity index (χ0) is 13.8. The molecule has 0 saturated carbocycles. The third kappa shape index (κ3) is 3.90. The van der Waals surface area contributed by atoms with E-state index in [9.17, 15) is 4.79 Å². The summed E-state index contributed by atoms with van der Waals surface area (Å²) in [6.45, 7) is 3.55. The number of halogens is 2. The first-order valence-corrected chi connectivity index (χ1v) is 8.24. The number of rotatable bonds is 5. The van der Waals surface area contributed by atoms with Gasteiger partial charge in [0.25, 0.3) is 5.56 Å². The number of aromatic nitrogens is 2. The maximum absolute atomic E-state index is 12.0. The molecule has 2 aromatic heterocycles. The Balaban J connectivity index is 2.17. The maximum Gasteiger partial charge on any atom is 0.265 e. The molecule has 102 valence electrons. The fourth-order valence-corrected chi connectivity index (χ4v) is 3.64. The van der Waals surface area contributed by atoms with Crippen molar-refractivity contribution in [2.24, 2.45) is 0 Å². The van der Waals surface area contributed by atoms with E-state index in [0.717, 1.165) is 27.4 Å². The van der Waals surface area contributed by atoms with Gasteiger partial charge < -0.3 is 9.88 Å². The number of hydrogen-bond acceptors (Lipinski definition) is 4. The van der Waals surface area contributed by atoms with Crippen LogP contribution < -0.4 is 10.9 Å². The number of nitrogens with one attached hydrogen (secondary N) is 1. The summed E-state index contributed by atoms with van der Waals surface area (Å²) in [5, 5.41) is 4.14. The molecule has 0 spiro atoms. The highest BCUT2D eigenvalue weighted by atomic mass is 79.9. The fraction of sp³-hybridized carbons (Fsp3) is 0.333. The van der Waals surface area contributed by atoms with Crippen LogP contribution in [0, 0.1) is 0 Å². The molecular formula is C12H13Br2N3OS. The Bertz CT molecular complexity index is 624. The first-order chi connectivity index (χ1) is 9.10. The van der Waals surface area contributed by atoms with E-state index in [1.165, 1.54) is 0 Å². The maximum atomic E-state index is 12.0. The van der Waals surface area contributed by atoms with Crippen molar-refractivity contribution in [3.63, 3.8) is 0 Å². The number of anilines is 1. The number of nitrogens with zero attached hydrogens (tertiary/aromatic N) is 2. The topological polar surface area (TPSA) is 46.9 Å². The summed E-state index contributed by atoms with van der Waals surface area (Å²) in [6, 6.07) is 1.75.